The van der Waals surface area contributed by atoms with E-state index in [1.165, 1.54) is 12.1 Å². The lowest BCUT2D eigenvalue weighted by molar-refractivity contribution is 0.0956. The molecule has 0 aromatic heterocycles. The van der Waals surface area contributed by atoms with Crippen molar-refractivity contribution in [3.8, 4) is 5.75 Å². The number of hydrogen-bond donors (Lipinski definition) is 1. The van der Waals surface area contributed by atoms with Gasteiger partial charge in [-0.2, -0.15) is 0 Å². The van der Waals surface area contributed by atoms with E-state index in [9.17, 15) is 9.18 Å². The van der Waals surface area contributed by atoms with Gasteiger partial charge in [0.15, 0.2) is 0 Å². The number of hydrogen-bond acceptors (Lipinski definition) is 2. The summed E-state index contributed by atoms with van der Waals surface area (Å²) < 4.78 is 18.8. The lowest BCUT2D eigenvalue weighted by atomic mass is 10.2. The molecule has 1 aliphatic heterocycles. The lowest BCUT2D eigenvalue weighted by Crippen LogP contribution is -2.24. The molecule has 1 N–H and O–H groups in total. The van der Waals surface area contributed by atoms with Crippen LogP contribution in [0.1, 0.15) is 10.4 Å². The van der Waals surface area contributed by atoms with Crippen molar-refractivity contribution in [3.05, 3.63) is 28.0 Å². The van der Waals surface area contributed by atoms with Crippen LogP contribution < -0.4 is 10.1 Å². The summed E-state index contributed by atoms with van der Waals surface area (Å²) in [6, 6.07) is 2.44. The first-order chi connectivity index (χ1) is 6.68. The molecule has 0 spiro atoms. The molecule has 74 valence electrons. The fourth-order valence-corrected chi connectivity index (χ4v) is 1.84. The average molecular weight is 260 g/mol. The molecule has 1 aliphatic rings. The van der Waals surface area contributed by atoms with Crippen LogP contribution in [-0.2, 0) is 0 Å². The summed E-state index contributed by atoms with van der Waals surface area (Å²) in [5, 5.41) is 2.60. The zero-order valence-corrected chi connectivity index (χ0v) is 8.73. The third kappa shape index (κ3) is 1.59. The first-order valence-corrected chi connectivity index (χ1v) is 4.88. The smallest absolute Gasteiger partial charge is 0.255 e. The Morgan fingerprint density at radius 3 is 3.07 bits per heavy atom. The zero-order valence-electron chi connectivity index (χ0n) is 7.14. The van der Waals surface area contributed by atoms with Crippen LogP contribution in [-0.4, -0.2) is 19.1 Å². The van der Waals surface area contributed by atoms with Gasteiger partial charge in [0.2, 0.25) is 0 Å². The highest BCUT2D eigenvalue weighted by Gasteiger charge is 2.19. The van der Waals surface area contributed by atoms with E-state index >= 15 is 0 Å². The third-order valence-electron chi connectivity index (χ3n) is 1.89. The van der Waals surface area contributed by atoms with E-state index < -0.39 is 5.82 Å². The van der Waals surface area contributed by atoms with E-state index in [1.54, 1.807) is 0 Å². The van der Waals surface area contributed by atoms with Crippen LogP contribution in [0.25, 0.3) is 0 Å². The van der Waals surface area contributed by atoms with Crippen LogP contribution in [0.3, 0.4) is 0 Å². The van der Waals surface area contributed by atoms with Gasteiger partial charge in [-0.15, -0.1) is 0 Å². The first-order valence-electron chi connectivity index (χ1n) is 4.08. The fraction of sp³-hybridized carbons (Fsp3) is 0.222. The highest BCUT2D eigenvalue weighted by molar-refractivity contribution is 9.10. The van der Waals surface area contributed by atoms with Gasteiger partial charge in [0, 0.05) is 0 Å². The van der Waals surface area contributed by atoms with Gasteiger partial charge in [-0.1, -0.05) is 0 Å². The van der Waals surface area contributed by atoms with Crippen molar-refractivity contribution >= 4 is 21.8 Å². The third-order valence-corrected chi connectivity index (χ3v) is 2.48. The largest absolute Gasteiger partial charge is 0.490 e. The van der Waals surface area contributed by atoms with Crippen LogP contribution in [0.15, 0.2) is 16.6 Å². The number of benzene rings is 1. The topological polar surface area (TPSA) is 38.3 Å². The van der Waals surface area contributed by atoms with Crippen molar-refractivity contribution in [2.45, 2.75) is 0 Å². The molecule has 0 saturated carbocycles. The Hall–Kier alpha value is -1.10. The molecule has 1 amide bonds. The second-order valence-corrected chi connectivity index (χ2v) is 3.72. The predicted molar refractivity (Wildman–Crippen MR) is 51.9 cm³/mol. The van der Waals surface area contributed by atoms with E-state index in [0.29, 0.717) is 23.4 Å². The maximum absolute atomic E-state index is 13.0. The lowest BCUT2D eigenvalue weighted by Gasteiger charge is -2.07. The number of nitrogens with one attached hydrogen (secondary N) is 1. The van der Waals surface area contributed by atoms with Crippen molar-refractivity contribution < 1.29 is 13.9 Å². The average Bonchev–Trinajstić information content (AvgIpc) is 2.29. The summed E-state index contributed by atoms with van der Waals surface area (Å²) in [7, 11) is 0. The zero-order chi connectivity index (χ0) is 10.1. The summed E-state index contributed by atoms with van der Waals surface area (Å²) in [6.45, 7) is 0.824. The van der Waals surface area contributed by atoms with Crippen LogP contribution in [0.2, 0.25) is 0 Å². The monoisotopic (exact) mass is 259 g/mol. The molecule has 0 fully saturated rings. The number of ether oxygens (including phenoxy) is 1. The number of amides is 1. The molecular formula is C9H7BrFNO2. The number of carbonyl (C=O) groups excluding carboxylic acids is 1. The Balaban J connectivity index is 2.58. The quantitative estimate of drug-likeness (QED) is 0.771. The maximum atomic E-state index is 13.0. The molecule has 0 bridgehead atoms. The molecule has 2 rings (SSSR count). The van der Waals surface area contributed by atoms with Crippen molar-refractivity contribution in [1.82, 2.24) is 5.32 Å². The van der Waals surface area contributed by atoms with Gasteiger partial charge >= 0.3 is 0 Å². The van der Waals surface area contributed by atoms with Crippen LogP contribution in [0.5, 0.6) is 5.75 Å². The minimum atomic E-state index is -0.462. The Kier molecular flexibility index (Phi) is 2.41. The van der Waals surface area contributed by atoms with Crippen molar-refractivity contribution in [1.29, 1.82) is 0 Å². The van der Waals surface area contributed by atoms with Crippen molar-refractivity contribution in [3.63, 3.8) is 0 Å². The first kappa shape index (κ1) is 9.45. The second-order valence-electron chi connectivity index (χ2n) is 2.87. The van der Waals surface area contributed by atoms with E-state index in [0.717, 1.165) is 0 Å². The summed E-state index contributed by atoms with van der Waals surface area (Å²) in [6.07, 6.45) is 0. The van der Waals surface area contributed by atoms with Crippen molar-refractivity contribution in [2.24, 2.45) is 0 Å². The summed E-state index contributed by atoms with van der Waals surface area (Å²) in [4.78, 5) is 11.4. The minimum Gasteiger partial charge on any atom is -0.490 e. The van der Waals surface area contributed by atoms with Gasteiger partial charge in [0.25, 0.3) is 5.91 Å². The van der Waals surface area contributed by atoms with Crippen LogP contribution in [0.4, 0.5) is 4.39 Å². The molecular weight excluding hydrogens is 253 g/mol. The molecule has 0 saturated heterocycles. The standard InChI is InChI=1S/C9H7BrFNO2/c10-7-4-5(11)3-6-8(7)14-2-1-12-9(6)13/h3-4H,1-2H2,(H,12,13). The molecule has 14 heavy (non-hydrogen) atoms. The highest BCUT2D eigenvalue weighted by atomic mass is 79.9. The molecule has 0 unspecified atom stereocenters. The summed E-state index contributed by atoms with van der Waals surface area (Å²) in [5.41, 5.74) is 0.231. The van der Waals surface area contributed by atoms with Gasteiger partial charge in [0.1, 0.15) is 18.2 Å². The van der Waals surface area contributed by atoms with Gasteiger partial charge in [0.05, 0.1) is 16.6 Å². The predicted octanol–water partition coefficient (Wildman–Crippen LogP) is 1.71. The Morgan fingerprint density at radius 2 is 2.29 bits per heavy atom. The number of fused-ring (bicyclic) bond motifs is 1. The van der Waals surface area contributed by atoms with E-state index in [2.05, 4.69) is 21.2 Å². The SMILES string of the molecule is O=C1NCCOc2c(Br)cc(F)cc21. The molecule has 1 aromatic rings. The number of rotatable bonds is 0. The molecule has 5 heteroatoms. The number of halogens is 2. The van der Waals surface area contributed by atoms with E-state index in [-0.39, 0.29) is 11.5 Å². The van der Waals surface area contributed by atoms with Crippen molar-refractivity contribution in [2.75, 3.05) is 13.2 Å². The molecule has 0 radical (unpaired) electrons. The Labute approximate surface area is 88.4 Å². The second kappa shape index (κ2) is 3.57. The highest BCUT2D eigenvalue weighted by Crippen LogP contribution is 2.31. The van der Waals surface area contributed by atoms with Gasteiger partial charge in [-0.05, 0) is 28.1 Å². The summed E-state index contributed by atoms with van der Waals surface area (Å²) in [5.74, 6) is -0.365. The molecule has 3 nitrogen and oxygen atoms in total. The van der Waals surface area contributed by atoms with E-state index in [4.69, 9.17) is 4.74 Å². The number of carbonyl (C=O) groups is 1. The minimum absolute atomic E-state index is 0.231. The van der Waals surface area contributed by atoms with Crippen LogP contribution >= 0.6 is 15.9 Å². The molecule has 1 aromatic carbocycles. The Morgan fingerprint density at radius 1 is 1.50 bits per heavy atom. The molecule has 0 aliphatic carbocycles. The summed E-state index contributed by atoms with van der Waals surface area (Å²) >= 11 is 3.15. The normalized spacial score (nSPS) is 15.1. The maximum Gasteiger partial charge on any atom is 0.255 e. The van der Waals surface area contributed by atoms with Gasteiger partial charge in [-0.3, -0.25) is 4.79 Å². The fourth-order valence-electron chi connectivity index (χ4n) is 1.29. The van der Waals surface area contributed by atoms with Crippen LogP contribution in [0, 0.1) is 5.82 Å². The van der Waals surface area contributed by atoms with E-state index in [1.807, 2.05) is 0 Å². The Bertz CT molecular complexity index is 395. The van der Waals surface area contributed by atoms with Gasteiger partial charge < -0.3 is 10.1 Å². The molecule has 1 heterocycles. The van der Waals surface area contributed by atoms with Gasteiger partial charge in [-0.25, -0.2) is 4.39 Å². The molecule has 0 atom stereocenters.